The standard InChI is InChI=1S/C7H13N3O3/c1-7(2)12-5(3-9-10-8)6(4-11)13-7/h5-6,11H,3-4H2,1-2H3/t5-,6-/m0/s1. The number of aliphatic hydroxyl groups excluding tert-OH is 1. The zero-order valence-corrected chi connectivity index (χ0v) is 7.67. The molecular weight excluding hydrogens is 174 g/mol. The van der Waals surface area contributed by atoms with Crippen LogP contribution in [0.4, 0.5) is 0 Å². The molecule has 0 unspecified atom stereocenters. The Balaban J connectivity index is 2.57. The molecule has 0 spiro atoms. The van der Waals surface area contributed by atoms with Crippen molar-refractivity contribution in [2.24, 2.45) is 5.11 Å². The highest BCUT2D eigenvalue weighted by atomic mass is 16.8. The molecular formula is C7H13N3O3. The number of hydrogen-bond acceptors (Lipinski definition) is 4. The molecule has 0 aliphatic carbocycles. The summed E-state index contributed by atoms with van der Waals surface area (Å²) in [6, 6.07) is 0. The Morgan fingerprint density at radius 3 is 2.62 bits per heavy atom. The largest absolute Gasteiger partial charge is 0.394 e. The van der Waals surface area contributed by atoms with Crippen molar-refractivity contribution in [1.29, 1.82) is 0 Å². The molecule has 1 fully saturated rings. The second kappa shape index (κ2) is 3.93. The first kappa shape index (κ1) is 10.3. The summed E-state index contributed by atoms with van der Waals surface area (Å²) in [5, 5.41) is 12.3. The third-order valence-electron chi connectivity index (χ3n) is 1.79. The van der Waals surface area contributed by atoms with Crippen molar-refractivity contribution in [3.8, 4) is 0 Å². The van der Waals surface area contributed by atoms with Gasteiger partial charge in [-0.25, -0.2) is 0 Å². The highest BCUT2D eigenvalue weighted by molar-refractivity contribution is 4.82. The highest BCUT2D eigenvalue weighted by Crippen LogP contribution is 2.27. The molecule has 0 amide bonds. The summed E-state index contributed by atoms with van der Waals surface area (Å²) >= 11 is 0. The zero-order chi connectivity index (χ0) is 9.90. The first-order valence-electron chi connectivity index (χ1n) is 4.06. The van der Waals surface area contributed by atoms with Crippen LogP contribution in [0.3, 0.4) is 0 Å². The maximum absolute atomic E-state index is 8.93. The topological polar surface area (TPSA) is 87.5 Å². The van der Waals surface area contributed by atoms with E-state index in [4.69, 9.17) is 20.1 Å². The number of azide groups is 1. The molecule has 1 N–H and O–H groups in total. The maximum Gasteiger partial charge on any atom is 0.163 e. The van der Waals surface area contributed by atoms with Gasteiger partial charge in [0, 0.05) is 4.91 Å². The van der Waals surface area contributed by atoms with Crippen molar-refractivity contribution in [3.63, 3.8) is 0 Å². The van der Waals surface area contributed by atoms with Gasteiger partial charge in [-0.05, 0) is 19.4 Å². The molecule has 13 heavy (non-hydrogen) atoms. The minimum Gasteiger partial charge on any atom is -0.394 e. The summed E-state index contributed by atoms with van der Waals surface area (Å²) in [5.41, 5.74) is 8.12. The Hall–Kier alpha value is -0.810. The van der Waals surface area contributed by atoms with Gasteiger partial charge in [0.1, 0.15) is 6.10 Å². The first-order chi connectivity index (χ1) is 6.09. The molecule has 6 heteroatoms. The molecule has 0 radical (unpaired) electrons. The quantitative estimate of drug-likeness (QED) is 0.403. The van der Waals surface area contributed by atoms with E-state index in [0.717, 1.165) is 0 Å². The molecule has 0 aromatic heterocycles. The molecule has 1 heterocycles. The van der Waals surface area contributed by atoms with Crippen LogP contribution in [0.2, 0.25) is 0 Å². The van der Waals surface area contributed by atoms with E-state index in [-0.39, 0.29) is 19.3 Å². The van der Waals surface area contributed by atoms with Crippen LogP contribution < -0.4 is 0 Å². The summed E-state index contributed by atoms with van der Waals surface area (Å²) in [5.74, 6) is -0.705. The highest BCUT2D eigenvalue weighted by Gasteiger charge is 2.40. The van der Waals surface area contributed by atoms with Crippen LogP contribution in [-0.4, -0.2) is 36.3 Å². The molecule has 2 atom stereocenters. The molecule has 1 rings (SSSR count). The van der Waals surface area contributed by atoms with E-state index in [1.807, 2.05) is 0 Å². The van der Waals surface area contributed by atoms with Gasteiger partial charge in [-0.1, -0.05) is 5.11 Å². The van der Waals surface area contributed by atoms with Crippen LogP contribution >= 0.6 is 0 Å². The van der Waals surface area contributed by atoms with E-state index in [9.17, 15) is 0 Å². The summed E-state index contributed by atoms with van der Waals surface area (Å²) < 4.78 is 10.8. The van der Waals surface area contributed by atoms with E-state index >= 15 is 0 Å². The lowest BCUT2D eigenvalue weighted by Gasteiger charge is -2.16. The van der Waals surface area contributed by atoms with Crippen LogP contribution in [0, 0.1) is 0 Å². The van der Waals surface area contributed by atoms with Crippen molar-refractivity contribution in [2.75, 3.05) is 13.2 Å². The number of ether oxygens (including phenoxy) is 2. The molecule has 0 saturated carbocycles. The van der Waals surface area contributed by atoms with Gasteiger partial charge in [0.15, 0.2) is 5.79 Å². The summed E-state index contributed by atoms with van der Waals surface area (Å²) in [6.45, 7) is 3.57. The van der Waals surface area contributed by atoms with Crippen LogP contribution in [0.1, 0.15) is 13.8 Å². The number of nitrogens with zero attached hydrogens (tertiary/aromatic N) is 3. The second-order valence-corrected chi connectivity index (χ2v) is 3.31. The fourth-order valence-electron chi connectivity index (χ4n) is 1.34. The summed E-state index contributed by atoms with van der Waals surface area (Å²) in [6.07, 6.45) is -0.753. The molecule has 0 aromatic rings. The van der Waals surface area contributed by atoms with Gasteiger partial charge in [-0.2, -0.15) is 0 Å². The van der Waals surface area contributed by atoms with Crippen LogP contribution in [0.5, 0.6) is 0 Å². The predicted octanol–water partition coefficient (Wildman–Crippen LogP) is 0.809. The van der Waals surface area contributed by atoms with E-state index < -0.39 is 11.9 Å². The van der Waals surface area contributed by atoms with Crippen LogP contribution in [0.15, 0.2) is 5.11 Å². The van der Waals surface area contributed by atoms with Crippen LogP contribution in [-0.2, 0) is 9.47 Å². The van der Waals surface area contributed by atoms with Gasteiger partial charge in [0.05, 0.1) is 19.3 Å². The molecule has 74 valence electrons. The van der Waals surface area contributed by atoms with E-state index in [1.165, 1.54) is 0 Å². The van der Waals surface area contributed by atoms with Crippen molar-refractivity contribution in [1.82, 2.24) is 0 Å². The fraction of sp³-hybridized carbons (Fsp3) is 1.00. The maximum atomic E-state index is 8.93. The Kier molecular flexibility index (Phi) is 3.11. The average molecular weight is 187 g/mol. The Bertz CT molecular complexity index is 225. The third-order valence-corrected chi connectivity index (χ3v) is 1.79. The number of hydrogen-bond donors (Lipinski definition) is 1. The fourth-order valence-corrected chi connectivity index (χ4v) is 1.34. The SMILES string of the molecule is CC1(C)O[C@@H](CO)[C@H](CN=[N+]=[N-])O1. The molecule has 6 nitrogen and oxygen atoms in total. The normalized spacial score (nSPS) is 31.3. The lowest BCUT2D eigenvalue weighted by molar-refractivity contribution is -0.148. The molecule has 1 aliphatic rings. The third kappa shape index (κ3) is 2.57. The molecule has 1 saturated heterocycles. The summed E-state index contributed by atoms with van der Waals surface area (Å²) in [4.78, 5) is 2.62. The minimum absolute atomic E-state index is 0.130. The van der Waals surface area contributed by atoms with Crippen molar-refractivity contribution in [3.05, 3.63) is 10.4 Å². The summed E-state index contributed by atoms with van der Waals surface area (Å²) in [7, 11) is 0. The number of aliphatic hydroxyl groups is 1. The monoisotopic (exact) mass is 187 g/mol. The van der Waals surface area contributed by atoms with Gasteiger partial charge in [-0.15, -0.1) is 0 Å². The van der Waals surface area contributed by atoms with Gasteiger partial charge in [-0.3, -0.25) is 0 Å². The Labute approximate surface area is 76.1 Å². The van der Waals surface area contributed by atoms with Crippen molar-refractivity contribution < 1.29 is 14.6 Å². The Morgan fingerprint density at radius 1 is 1.46 bits per heavy atom. The van der Waals surface area contributed by atoms with Gasteiger partial charge in [0.25, 0.3) is 0 Å². The van der Waals surface area contributed by atoms with Crippen molar-refractivity contribution >= 4 is 0 Å². The second-order valence-electron chi connectivity index (χ2n) is 3.31. The Morgan fingerprint density at radius 2 is 2.08 bits per heavy atom. The lowest BCUT2D eigenvalue weighted by Crippen LogP contribution is -2.28. The lowest BCUT2D eigenvalue weighted by atomic mass is 10.2. The smallest absolute Gasteiger partial charge is 0.163 e. The van der Waals surface area contributed by atoms with Crippen LogP contribution in [0.25, 0.3) is 10.4 Å². The molecule has 0 bridgehead atoms. The molecule has 0 aromatic carbocycles. The van der Waals surface area contributed by atoms with E-state index in [2.05, 4.69) is 10.0 Å². The predicted molar refractivity (Wildman–Crippen MR) is 44.9 cm³/mol. The van der Waals surface area contributed by atoms with E-state index in [0.29, 0.717) is 0 Å². The number of rotatable bonds is 3. The van der Waals surface area contributed by atoms with Gasteiger partial charge < -0.3 is 14.6 Å². The minimum atomic E-state index is -0.705. The van der Waals surface area contributed by atoms with Gasteiger partial charge in [0.2, 0.25) is 0 Å². The first-order valence-corrected chi connectivity index (χ1v) is 4.06. The molecule has 1 aliphatic heterocycles. The van der Waals surface area contributed by atoms with Crippen molar-refractivity contribution in [2.45, 2.75) is 31.8 Å². The zero-order valence-electron chi connectivity index (χ0n) is 7.67. The average Bonchev–Trinajstić information content (AvgIpc) is 2.37. The van der Waals surface area contributed by atoms with E-state index in [1.54, 1.807) is 13.8 Å². The van der Waals surface area contributed by atoms with Gasteiger partial charge >= 0.3 is 0 Å².